The third-order valence-corrected chi connectivity index (χ3v) is 8.11. The van der Waals surface area contributed by atoms with Crippen LogP contribution in [0.25, 0.3) is 0 Å². The summed E-state index contributed by atoms with van der Waals surface area (Å²) in [7, 11) is -3.93. The molecule has 0 radical (unpaired) electrons. The van der Waals surface area contributed by atoms with E-state index in [2.05, 4.69) is 5.32 Å². The average Bonchev–Trinajstić information content (AvgIpc) is 2.73. The Kier molecular flexibility index (Phi) is 8.19. The molecule has 3 rings (SSSR count). The van der Waals surface area contributed by atoms with Crippen molar-refractivity contribution in [1.29, 1.82) is 0 Å². The summed E-state index contributed by atoms with van der Waals surface area (Å²) in [5.41, 5.74) is 3.72. The van der Waals surface area contributed by atoms with Gasteiger partial charge in [0.15, 0.2) is 0 Å². The normalized spacial score (nSPS) is 11.6. The van der Waals surface area contributed by atoms with Gasteiger partial charge in [-0.15, -0.1) is 0 Å². The minimum atomic E-state index is -3.93. The summed E-state index contributed by atoms with van der Waals surface area (Å²) >= 11 is 12.0. The predicted octanol–water partition coefficient (Wildman–Crippen LogP) is 5.79. The van der Waals surface area contributed by atoms with Crippen molar-refractivity contribution in [3.05, 3.63) is 93.0 Å². The van der Waals surface area contributed by atoms with Crippen molar-refractivity contribution in [2.75, 3.05) is 18.4 Å². The highest BCUT2D eigenvalue weighted by atomic mass is 35.5. The lowest BCUT2D eigenvalue weighted by Gasteiger charge is -2.24. The fourth-order valence-corrected chi connectivity index (χ4v) is 5.93. The van der Waals surface area contributed by atoms with Crippen LogP contribution in [0.1, 0.15) is 22.3 Å². The molecule has 8 heteroatoms. The SMILES string of the molecule is Cc1cc(C)c(S(=O)(=O)N(CCc2ccccc2)CC(=O)Nc2ccc(Cl)c(Cl)c2)c(C)c1. The first-order valence-electron chi connectivity index (χ1n) is 10.4. The highest BCUT2D eigenvalue weighted by Gasteiger charge is 2.29. The maximum atomic E-state index is 13.7. The first-order valence-corrected chi connectivity index (χ1v) is 12.6. The highest BCUT2D eigenvalue weighted by molar-refractivity contribution is 7.89. The van der Waals surface area contributed by atoms with Gasteiger partial charge in [-0.2, -0.15) is 4.31 Å². The molecule has 33 heavy (non-hydrogen) atoms. The van der Waals surface area contributed by atoms with Crippen molar-refractivity contribution in [3.63, 3.8) is 0 Å². The van der Waals surface area contributed by atoms with Crippen molar-refractivity contribution in [2.45, 2.75) is 32.1 Å². The fourth-order valence-electron chi connectivity index (χ4n) is 3.82. The Morgan fingerprint density at radius 2 is 1.55 bits per heavy atom. The molecule has 0 aliphatic heterocycles. The lowest BCUT2D eigenvalue weighted by molar-refractivity contribution is -0.116. The summed E-state index contributed by atoms with van der Waals surface area (Å²) < 4.78 is 28.6. The number of amides is 1. The monoisotopic (exact) mass is 504 g/mol. The van der Waals surface area contributed by atoms with E-state index in [1.807, 2.05) is 49.4 Å². The lowest BCUT2D eigenvalue weighted by Crippen LogP contribution is -2.39. The Labute approximate surface area is 205 Å². The number of nitrogens with zero attached hydrogens (tertiary/aromatic N) is 1. The third kappa shape index (κ3) is 6.36. The molecule has 0 heterocycles. The molecule has 0 unspecified atom stereocenters. The molecule has 5 nitrogen and oxygen atoms in total. The van der Waals surface area contributed by atoms with E-state index in [9.17, 15) is 13.2 Å². The van der Waals surface area contributed by atoms with E-state index in [1.165, 1.54) is 10.4 Å². The number of carbonyl (C=O) groups is 1. The smallest absolute Gasteiger partial charge is 0.244 e. The van der Waals surface area contributed by atoms with Gasteiger partial charge in [0, 0.05) is 12.2 Å². The minimum Gasteiger partial charge on any atom is -0.325 e. The molecular formula is C25H26Cl2N2O3S. The van der Waals surface area contributed by atoms with Gasteiger partial charge >= 0.3 is 0 Å². The van der Waals surface area contributed by atoms with Crippen LogP contribution in [-0.4, -0.2) is 31.7 Å². The van der Waals surface area contributed by atoms with E-state index in [0.717, 1.165) is 11.1 Å². The number of sulfonamides is 1. The molecule has 0 atom stereocenters. The third-order valence-electron chi connectivity index (χ3n) is 5.22. The predicted molar refractivity (Wildman–Crippen MR) is 135 cm³/mol. The summed E-state index contributed by atoms with van der Waals surface area (Å²) in [5.74, 6) is -0.465. The number of carbonyl (C=O) groups excluding carboxylic acids is 1. The number of aryl methyl sites for hydroxylation is 3. The van der Waals surface area contributed by atoms with Gasteiger partial charge in [-0.3, -0.25) is 4.79 Å². The number of halogens is 2. The number of hydrogen-bond acceptors (Lipinski definition) is 3. The summed E-state index contributed by atoms with van der Waals surface area (Å²) in [4.78, 5) is 13.1. The van der Waals surface area contributed by atoms with Gasteiger partial charge in [-0.05, 0) is 62.1 Å². The van der Waals surface area contributed by atoms with Crippen LogP contribution >= 0.6 is 23.2 Å². The Morgan fingerprint density at radius 1 is 0.909 bits per heavy atom. The van der Waals surface area contributed by atoms with Crippen molar-refractivity contribution in [2.24, 2.45) is 0 Å². The van der Waals surface area contributed by atoms with Gasteiger partial charge in [0.1, 0.15) is 0 Å². The highest BCUT2D eigenvalue weighted by Crippen LogP contribution is 2.27. The van der Waals surface area contributed by atoms with Crippen molar-refractivity contribution >= 4 is 44.8 Å². The van der Waals surface area contributed by atoms with Gasteiger partial charge < -0.3 is 5.32 Å². The molecule has 3 aromatic rings. The number of nitrogens with one attached hydrogen (secondary N) is 1. The molecular weight excluding hydrogens is 479 g/mol. The van der Waals surface area contributed by atoms with Crippen molar-refractivity contribution in [3.8, 4) is 0 Å². The molecule has 0 bridgehead atoms. The fraction of sp³-hybridized carbons (Fsp3) is 0.240. The van der Waals surface area contributed by atoms with E-state index in [0.29, 0.717) is 33.3 Å². The maximum Gasteiger partial charge on any atom is 0.244 e. The summed E-state index contributed by atoms with van der Waals surface area (Å²) in [6.07, 6.45) is 0.476. The second-order valence-electron chi connectivity index (χ2n) is 7.98. The second kappa shape index (κ2) is 10.7. The summed E-state index contributed by atoms with van der Waals surface area (Å²) in [6, 6.07) is 18.0. The van der Waals surface area contributed by atoms with Gasteiger partial charge in [0.25, 0.3) is 0 Å². The summed E-state index contributed by atoms with van der Waals surface area (Å²) in [5, 5.41) is 3.38. The minimum absolute atomic E-state index is 0.161. The summed E-state index contributed by atoms with van der Waals surface area (Å²) in [6.45, 7) is 5.31. The molecule has 0 fully saturated rings. The number of benzene rings is 3. The second-order valence-corrected chi connectivity index (χ2v) is 10.7. The quantitative estimate of drug-likeness (QED) is 0.422. The van der Waals surface area contributed by atoms with Gasteiger partial charge in [-0.25, -0.2) is 8.42 Å². The van der Waals surface area contributed by atoms with Crippen LogP contribution in [0.4, 0.5) is 5.69 Å². The standard InChI is InChI=1S/C25H26Cl2N2O3S/c1-17-13-18(2)25(19(3)14-17)33(31,32)29(12-11-20-7-5-4-6-8-20)16-24(30)28-21-9-10-22(26)23(27)15-21/h4-10,13-15H,11-12,16H2,1-3H3,(H,28,30). The van der Waals surface area contributed by atoms with Crippen LogP contribution in [0.15, 0.2) is 65.6 Å². The number of hydrogen-bond donors (Lipinski definition) is 1. The van der Waals surface area contributed by atoms with Crippen molar-refractivity contribution < 1.29 is 13.2 Å². The largest absolute Gasteiger partial charge is 0.325 e. The van der Waals surface area contributed by atoms with Crippen LogP contribution < -0.4 is 5.32 Å². The van der Waals surface area contributed by atoms with Gasteiger partial charge in [0.05, 0.1) is 21.5 Å². The number of anilines is 1. The molecule has 3 aromatic carbocycles. The Balaban J connectivity index is 1.90. The van der Waals surface area contributed by atoms with Crippen LogP contribution in [0.5, 0.6) is 0 Å². The van der Waals surface area contributed by atoms with E-state index in [1.54, 1.807) is 26.0 Å². The first kappa shape index (κ1) is 25.2. The Bertz CT molecular complexity index is 1240. The van der Waals surface area contributed by atoms with Crippen LogP contribution in [0.2, 0.25) is 10.0 Å². The number of rotatable bonds is 8. The average molecular weight is 505 g/mol. The molecule has 1 amide bonds. The van der Waals surface area contributed by atoms with Crippen LogP contribution in [0.3, 0.4) is 0 Å². The molecule has 0 aliphatic carbocycles. The molecule has 0 aromatic heterocycles. The topological polar surface area (TPSA) is 66.5 Å². The zero-order chi connectivity index (χ0) is 24.2. The van der Waals surface area contributed by atoms with Crippen molar-refractivity contribution in [1.82, 2.24) is 4.31 Å². The van der Waals surface area contributed by atoms with E-state index in [4.69, 9.17) is 23.2 Å². The molecule has 0 spiro atoms. The van der Waals surface area contributed by atoms with Crippen LogP contribution in [-0.2, 0) is 21.2 Å². The lowest BCUT2D eigenvalue weighted by atomic mass is 10.1. The maximum absolute atomic E-state index is 13.7. The zero-order valence-electron chi connectivity index (χ0n) is 18.7. The Morgan fingerprint density at radius 3 is 2.15 bits per heavy atom. The van der Waals surface area contributed by atoms with E-state index >= 15 is 0 Å². The molecule has 0 saturated carbocycles. The zero-order valence-corrected chi connectivity index (χ0v) is 21.1. The van der Waals surface area contributed by atoms with E-state index < -0.39 is 15.9 Å². The molecule has 1 N–H and O–H groups in total. The van der Waals surface area contributed by atoms with Gasteiger partial charge in [-0.1, -0.05) is 71.2 Å². The molecule has 0 saturated heterocycles. The molecule has 0 aliphatic rings. The van der Waals surface area contributed by atoms with E-state index in [-0.39, 0.29) is 18.0 Å². The molecule has 174 valence electrons. The van der Waals surface area contributed by atoms with Gasteiger partial charge in [0.2, 0.25) is 15.9 Å². The first-order chi connectivity index (χ1) is 15.6. The van der Waals surface area contributed by atoms with Crippen LogP contribution in [0, 0.1) is 20.8 Å². The Hall–Kier alpha value is -2.38.